The van der Waals surface area contributed by atoms with Crippen molar-refractivity contribution in [3.8, 4) is 5.95 Å². The van der Waals surface area contributed by atoms with E-state index in [9.17, 15) is 4.79 Å². The van der Waals surface area contributed by atoms with E-state index in [-0.39, 0.29) is 5.91 Å². The first-order valence-electron chi connectivity index (χ1n) is 6.41. The minimum Gasteiger partial charge on any atom is -0.357 e. The van der Waals surface area contributed by atoms with Crippen molar-refractivity contribution in [1.82, 2.24) is 29.4 Å². The summed E-state index contributed by atoms with van der Waals surface area (Å²) in [7, 11) is 5.11. The zero-order chi connectivity index (χ0) is 15.4. The third kappa shape index (κ3) is 3.44. The minimum absolute atomic E-state index is 0.0643. The number of carbonyl (C=O) groups is 1. The highest BCUT2D eigenvalue weighted by atomic mass is 16.2. The standard InChI is InChI=1S/C12H18N8O/c1-8(9(21)19(3)4)15-11-16-10(13-2)17-12(18-11)20-6-5-14-7-20/h5-8H,1-4H3,(H2,13,15,16,17,18). The molecule has 0 saturated carbocycles. The van der Waals surface area contributed by atoms with Gasteiger partial charge in [0.15, 0.2) is 0 Å². The molecule has 9 heteroatoms. The molecule has 21 heavy (non-hydrogen) atoms. The summed E-state index contributed by atoms with van der Waals surface area (Å²) in [5.74, 6) is 1.07. The topological polar surface area (TPSA) is 101 Å². The van der Waals surface area contributed by atoms with Gasteiger partial charge in [0.05, 0.1) is 0 Å². The van der Waals surface area contributed by atoms with E-state index < -0.39 is 6.04 Å². The van der Waals surface area contributed by atoms with Crippen molar-refractivity contribution >= 4 is 17.8 Å². The molecule has 0 bridgehead atoms. The normalized spacial score (nSPS) is 11.8. The molecule has 0 aliphatic heterocycles. The number of rotatable bonds is 5. The molecule has 1 atom stereocenters. The molecule has 0 radical (unpaired) electrons. The van der Waals surface area contributed by atoms with Crippen LogP contribution in [-0.2, 0) is 4.79 Å². The Bertz CT molecular complexity index is 610. The van der Waals surface area contributed by atoms with Gasteiger partial charge in [-0.2, -0.15) is 15.0 Å². The van der Waals surface area contributed by atoms with Gasteiger partial charge >= 0.3 is 0 Å². The lowest BCUT2D eigenvalue weighted by molar-refractivity contribution is -0.129. The lowest BCUT2D eigenvalue weighted by Gasteiger charge is -2.18. The Kier molecular flexibility index (Phi) is 4.31. The van der Waals surface area contributed by atoms with Crippen LogP contribution in [0.4, 0.5) is 11.9 Å². The molecule has 0 spiro atoms. The first-order valence-corrected chi connectivity index (χ1v) is 6.41. The second-order valence-corrected chi connectivity index (χ2v) is 4.60. The Labute approximate surface area is 122 Å². The maximum absolute atomic E-state index is 11.9. The molecule has 2 N–H and O–H groups in total. The molecule has 0 aromatic carbocycles. The summed E-state index contributed by atoms with van der Waals surface area (Å²) < 4.78 is 1.66. The highest BCUT2D eigenvalue weighted by Gasteiger charge is 2.17. The molecule has 0 aliphatic carbocycles. The summed E-state index contributed by atoms with van der Waals surface area (Å²) in [5, 5.41) is 5.84. The van der Waals surface area contributed by atoms with Crippen LogP contribution in [0, 0.1) is 0 Å². The molecule has 1 amide bonds. The van der Waals surface area contributed by atoms with E-state index in [1.54, 1.807) is 51.4 Å². The summed E-state index contributed by atoms with van der Waals surface area (Å²) in [6.45, 7) is 1.75. The maximum Gasteiger partial charge on any atom is 0.244 e. The molecule has 0 aliphatic rings. The van der Waals surface area contributed by atoms with Gasteiger partial charge in [0.25, 0.3) is 0 Å². The van der Waals surface area contributed by atoms with Crippen LogP contribution < -0.4 is 10.6 Å². The molecular formula is C12H18N8O. The number of nitrogens with zero attached hydrogens (tertiary/aromatic N) is 6. The Hall–Kier alpha value is -2.71. The smallest absolute Gasteiger partial charge is 0.244 e. The van der Waals surface area contributed by atoms with Crippen molar-refractivity contribution in [1.29, 1.82) is 0 Å². The van der Waals surface area contributed by atoms with Gasteiger partial charge in [0.2, 0.25) is 23.8 Å². The van der Waals surface area contributed by atoms with Crippen LogP contribution in [0.2, 0.25) is 0 Å². The van der Waals surface area contributed by atoms with E-state index >= 15 is 0 Å². The average molecular weight is 290 g/mol. The summed E-state index contributed by atoms with van der Waals surface area (Å²) >= 11 is 0. The molecule has 2 aromatic rings. The Morgan fingerprint density at radius 1 is 1.29 bits per heavy atom. The predicted octanol–water partition coefficient (Wildman–Crippen LogP) is -0.0124. The van der Waals surface area contributed by atoms with E-state index in [4.69, 9.17) is 0 Å². The fraction of sp³-hybridized carbons (Fsp3) is 0.417. The van der Waals surface area contributed by atoms with Gasteiger partial charge in [-0.25, -0.2) is 4.98 Å². The van der Waals surface area contributed by atoms with Crippen LogP contribution in [0.15, 0.2) is 18.7 Å². The number of hydrogen-bond donors (Lipinski definition) is 2. The first-order chi connectivity index (χ1) is 10.0. The fourth-order valence-corrected chi connectivity index (χ4v) is 1.68. The van der Waals surface area contributed by atoms with Crippen LogP contribution in [0.5, 0.6) is 0 Å². The van der Waals surface area contributed by atoms with Gasteiger partial charge < -0.3 is 15.5 Å². The molecule has 1 unspecified atom stereocenters. The third-order valence-electron chi connectivity index (χ3n) is 2.74. The van der Waals surface area contributed by atoms with Gasteiger partial charge in [0, 0.05) is 33.5 Å². The Balaban J connectivity index is 2.27. The zero-order valence-electron chi connectivity index (χ0n) is 12.4. The van der Waals surface area contributed by atoms with Gasteiger partial charge in [-0.1, -0.05) is 0 Å². The summed E-state index contributed by atoms with van der Waals surface area (Å²) in [6.07, 6.45) is 4.95. The van der Waals surface area contributed by atoms with Crippen LogP contribution in [-0.4, -0.2) is 62.5 Å². The number of aromatic nitrogens is 5. The van der Waals surface area contributed by atoms with E-state index in [1.807, 2.05) is 0 Å². The number of anilines is 2. The van der Waals surface area contributed by atoms with E-state index in [2.05, 4.69) is 30.6 Å². The third-order valence-corrected chi connectivity index (χ3v) is 2.74. The van der Waals surface area contributed by atoms with Crippen molar-refractivity contribution in [3.05, 3.63) is 18.7 Å². The monoisotopic (exact) mass is 290 g/mol. The summed E-state index contributed by atoms with van der Waals surface area (Å²) in [4.78, 5) is 30.1. The molecule has 0 fully saturated rings. The number of hydrogen-bond acceptors (Lipinski definition) is 7. The van der Waals surface area contributed by atoms with Crippen molar-refractivity contribution in [2.45, 2.75) is 13.0 Å². The van der Waals surface area contributed by atoms with Crippen molar-refractivity contribution < 1.29 is 4.79 Å². The van der Waals surface area contributed by atoms with Crippen LogP contribution in [0.25, 0.3) is 5.95 Å². The largest absolute Gasteiger partial charge is 0.357 e. The van der Waals surface area contributed by atoms with Crippen molar-refractivity contribution in [2.75, 3.05) is 31.8 Å². The molecule has 0 saturated heterocycles. The van der Waals surface area contributed by atoms with Gasteiger partial charge in [0.1, 0.15) is 12.4 Å². The molecule has 112 valence electrons. The fourth-order valence-electron chi connectivity index (χ4n) is 1.68. The number of imidazole rings is 1. The maximum atomic E-state index is 11.9. The highest BCUT2D eigenvalue weighted by molar-refractivity contribution is 5.83. The number of likely N-dealkylation sites (N-methyl/N-ethyl adjacent to an activating group) is 1. The van der Waals surface area contributed by atoms with Crippen LogP contribution in [0.1, 0.15) is 6.92 Å². The highest BCUT2D eigenvalue weighted by Crippen LogP contribution is 2.10. The number of amides is 1. The van der Waals surface area contributed by atoms with Crippen molar-refractivity contribution in [2.24, 2.45) is 0 Å². The van der Waals surface area contributed by atoms with Crippen LogP contribution in [0.3, 0.4) is 0 Å². The molecule has 2 heterocycles. The Morgan fingerprint density at radius 2 is 2.00 bits per heavy atom. The molecular weight excluding hydrogens is 272 g/mol. The van der Waals surface area contributed by atoms with E-state index in [0.29, 0.717) is 17.8 Å². The SMILES string of the molecule is CNc1nc(NC(C)C(=O)N(C)C)nc(-n2ccnc2)n1. The predicted molar refractivity (Wildman–Crippen MR) is 78.3 cm³/mol. The van der Waals surface area contributed by atoms with Crippen molar-refractivity contribution in [3.63, 3.8) is 0 Å². The van der Waals surface area contributed by atoms with Gasteiger partial charge in [-0.05, 0) is 6.92 Å². The van der Waals surface area contributed by atoms with Crippen LogP contribution >= 0.6 is 0 Å². The second kappa shape index (κ2) is 6.16. The lowest BCUT2D eigenvalue weighted by Crippen LogP contribution is -2.37. The first kappa shape index (κ1) is 14.7. The van der Waals surface area contributed by atoms with E-state index in [1.165, 1.54) is 4.90 Å². The Morgan fingerprint density at radius 3 is 2.57 bits per heavy atom. The average Bonchev–Trinajstić information content (AvgIpc) is 3.00. The summed E-state index contributed by atoms with van der Waals surface area (Å²) in [5.41, 5.74) is 0. The van der Waals surface area contributed by atoms with E-state index in [0.717, 1.165) is 0 Å². The quantitative estimate of drug-likeness (QED) is 0.798. The molecule has 9 nitrogen and oxygen atoms in total. The number of carbonyl (C=O) groups excluding carboxylic acids is 1. The molecule has 2 aromatic heterocycles. The summed E-state index contributed by atoms with van der Waals surface area (Å²) in [6, 6.07) is -0.442. The van der Waals surface area contributed by atoms with Gasteiger partial charge in [-0.15, -0.1) is 0 Å². The zero-order valence-corrected chi connectivity index (χ0v) is 12.4. The molecule has 2 rings (SSSR count). The lowest BCUT2D eigenvalue weighted by atomic mass is 10.3. The van der Waals surface area contributed by atoms with Gasteiger partial charge in [-0.3, -0.25) is 9.36 Å². The second-order valence-electron chi connectivity index (χ2n) is 4.60. The minimum atomic E-state index is -0.442. The number of nitrogens with one attached hydrogen (secondary N) is 2.